The zero-order valence-electron chi connectivity index (χ0n) is 12.0. The van der Waals surface area contributed by atoms with Gasteiger partial charge in [-0.25, -0.2) is 0 Å². The molecular weight excluding hydrogens is 246 g/mol. The third-order valence-electron chi connectivity index (χ3n) is 3.35. The Morgan fingerprint density at radius 2 is 1.95 bits per heavy atom. The second kappa shape index (κ2) is 5.86. The molecule has 0 saturated carbocycles. The van der Waals surface area contributed by atoms with Crippen LogP contribution in [-0.2, 0) is 23.1 Å². The fourth-order valence-electron chi connectivity index (χ4n) is 1.93. The van der Waals surface area contributed by atoms with Crippen LogP contribution in [0.25, 0.3) is 0 Å². The average molecular weight is 267 g/mol. The van der Waals surface area contributed by atoms with E-state index in [0.29, 0.717) is 6.42 Å². The number of nitrogens with zero attached hydrogens (tertiary/aromatic N) is 2. The van der Waals surface area contributed by atoms with Crippen molar-refractivity contribution in [2.24, 2.45) is 13.0 Å². The van der Waals surface area contributed by atoms with Gasteiger partial charge in [-0.05, 0) is 32.8 Å². The van der Waals surface area contributed by atoms with Gasteiger partial charge in [0, 0.05) is 18.7 Å². The van der Waals surface area contributed by atoms with Crippen molar-refractivity contribution in [3.8, 4) is 0 Å². The van der Waals surface area contributed by atoms with Crippen LogP contribution in [0, 0.1) is 19.8 Å². The number of aryl methyl sites for hydroxylation is 2. The molecule has 2 atom stereocenters. The number of carboxylic acid groups (broad SMARTS) is 1. The molecule has 1 amide bonds. The standard InChI is InChI=1S/C13H21N3O3/c1-7(12(17)14-9(3)13(18)19)6-11-8(2)15-16(5)10(11)4/h7,9H,6H2,1-5H3,(H,14,17)(H,18,19)/t7?,9-/m0/s1. The van der Waals surface area contributed by atoms with Crippen molar-refractivity contribution in [2.45, 2.75) is 40.2 Å². The number of amides is 1. The SMILES string of the molecule is Cc1nn(C)c(C)c1CC(C)C(=O)N[C@@H](C)C(=O)O. The molecule has 1 heterocycles. The molecule has 6 nitrogen and oxygen atoms in total. The highest BCUT2D eigenvalue weighted by Crippen LogP contribution is 2.17. The molecule has 1 unspecified atom stereocenters. The van der Waals surface area contributed by atoms with E-state index in [4.69, 9.17) is 5.11 Å². The lowest BCUT2D eigenvalue weighted by Crippen LogP contribution is -2.41. The van der Waals surface area contributed by atoms with Gasteiger partial charge in [0.2, 0.25) is 5.91 Å². The summed E-state index contributed by atoms with van der Waals surface area (Å²) in [5.74, 6) is -1.57. The third-order valence-corrected chi connectivity index (χ3v) is 3.35. The van der Waals surface area contributed by atoms with E-state index in [-0.39, 0.29) is 11.8 Å². The minimum atomic E-state index is -1.03. The van der Waals surface area contributed by atoms with Crippen molar-refractivity contribution in [1.29, 1.82) is 0 Å². The molecule has 0 aliphatic carbocycles. The van der Waals surface area contributed by atoms with Crippen LogP contribution in [0.5, 0.6) is 0 Å². The maximum Gasteiger partial charge on any atom is 0.325 e. The van der Waals surface area contributed by atoms with Crippen LogP contribution in [0.4, 0.5) is 0 Å². The van der Waals surface area contributed by atoms with Gasteiger partial charge >= 0.3 is 5.97 Å². The monoisotopic (exact) mass is 267 g/mol. The highest BCUT2D eigenvalue weighted by molar-refractivity contribution is 5.84. The smallest absolute Gasteiger partial charge is 0.325 e. The highest BCUT2D eigenvalue weighted by Gasteiger charge is 2.21. The number of rotatable bonds is 5. The minimum absolute atomic E-state index is 0.252. The number of hydrogen-bond donors (Lipinski definition) is 2. The Kier molecular flexibility index (Phi) is 4.69. The predicted octanol–water partition coefficient (Wildman–Crippen LogP) is 0.805. The molecule has 1 aromatic heterocycles. The number of aliphatic carboxylic acids is 1. The predicted molar refractivity (Wildman–Crippen MR) is 70.8 cm³/mol. The number of aromatic nitrogens is 2. The van der Waals surface area contributed by atoms with Gasteiger partial charge < -0.3 is 10.4 Å². The van der Waals surface area contributed by atoms with Crippen molar-refractivity contribution in [1.82, 2.24) is 15.1 Å². The first-order chi connectivity index (χ1) is 8.73. The summed E-state index contributed by atoms with van der Waals surface area (Å²) in [7, 11) is 1.86. The van der Waals surface area contributed by atoms with E-state index < -0.39 is 12.0 Å². The first kappa shape index (κ1) is 15.2. The van der Waals surface area contributed by atoms with E-state index in [1.807, 2.05) is 20.9 Å². The van der Waals surface area contributed by atoms with Gasteiger partial charge in [0.05, 0.1) is 5.69 Å². The second-order valence-corrected chi connectivity index (χ2v) is 4.95. The molecule has 0 radical (unpaired) electrons. The quantitative estimate of drug-likeness (QED) is 0.826. The molecule has 6 heteroatoms. The van der Waals surface area contributed by atoms with Gasteiger partial charge in [0.25, 0.3) is 0 Å². The Balaban J connectivity index is 2.71. The van der Waals surface area contributed by atoms with Gasteiger partial charge in [-0.1, -0.05) is 6.92 Å². The highest BCUT2D eigenvalue weighted by atomic mass is 16.4. The van der Waals surface area contributed by atoms with Crippen molar-refractivity contribution in [3.63, 3.8) is 0 Å². The molecular formula is C13H21N3O3. The van der Waals surface area contributed by atoms with Crippen LogP contribution in [0.1, 0.15) is 30.8 Å². The largest absolute Gasteiger partial charge is 0.480 e. The van der Waals surface area contributed by atoms with E-state index in [1.165, 1.54) is 6.92 Å². The van der Waals surface area contributed by atoms with Crippen LogP contribution < -0.4 is 5.32 Å². The summed E-state index contributed by atoms with van der Waals surface area (Å²) in [5.41, 5.74) is 2.99. The van der Waals surface area contributed by atoms with Crippen LogP contribution in [0.2, 0.25) is 0 Å². The van der Waals surface area contributed by atoms with Crippen LogP contribution in [-0.4, -0.2) is 32.8 Å². The summed E-state index contributed by atoms with van der Waals surface area (Å²) >= 11 is 0. The molecule has 0 aromatic carbocycles. The molecule has 0 aliphatic rings. The zero-order valence-corrected chi connectivity index (χ0v) is 12.0. The topological polar surface area (TPSA) is 84.2 Å². The van der Waals surface area contributed by atoms with E-state index in [1.54, 1.807) is 11.6 Å². The Hall–Kier alpha value is -1.85. The van der Waals surface area contributed by atoms with E-state index in [9.17, 15) is 9.59 Å². The molecule has 2 N–H and O–H groups in total. The lowest BCUT2D eigenvalue weighted by Gasteiger charge is -2.15. The first-order valence-electron chi connectivity index (χ1n) is 6.26. The maximum absolute atomic E-state index is 11.9. The van der Waals surface area contributed by atoms with Crippen molar-refractivity contribution >= 4 is 11.9 Å². The fourth-order valence-corrected chi connectivity index (χ4v) is 1.93. The van der Waals surface area contributed by atoms with Crippen molar-refractivity contribution in [3.05, 3.63) is 17.0 Å². The lowest BCUT2D eigenvalue weighted by atomic mass is 9.98. The first-order valence-corrected chi connectivity index (χ1v) is 6.26. The number of hydrogen-bond acceptors (Lipinski definition) is 3. The number of carboxylic acids is 1. The minimum Gasteiger partial charge on any atom is -0.480 e. The molecule has 1 rings (SSSR count). The van der Waals surface area contributed by atoms with E-state index in [2.05, 4.69) is 10.4 Å². The van der Waals surface area contributed by atoms with E-state index >= 15 is 0 Å². The van der Waals surface area contributed by atoms with Crippen molar-refractivity contribution in [2.75, 3.05) is 0 Å². The van der Waals surface area contributed by atoms with Gasteiger partial charge in [0.1, 0.15) is 6.04 Å². The summed E-state index contributed by atoms with van der Waals surface area (Å²) in [6, 6.07) is -0.869. The second-order valence-electron chi connectivity index (χ2n) is 4.95. The fraction of sp³-hybridized carbons (Fsp3) is 0.615. The Bertz CT molecular complexity index is 494. The van der Waals surface area contributed by atoms with Crippen LogP contribution in [0.3, 0.4) is 0 Å². The average Bonchev–Trinajstić information content (AvgIpc) is 2.55. The number of nitrogens with one attached hydrogen (secondary N) is 1. The molecule has 0 fully saturated rings. The Morgan fingerprint density at radius 1 is 1.37 bits per heavy atom. The lowest BCUT2D eigenvalue weighted by molar-refractivity contribution is -0.141. The maximum atomic E-state index is 11.9. The summed E-state index contributed by atoms with van der Waals surface area (Å²) < 4.78 is 1.79. The Labute approximate surface area is 112 Å². The van der Waals surface area contributed by atoms with Crippen molar-refractivity contribution < 1.29 is 14.7 Å². The van der Waals surface area contributed by atoms with Gasteiger partial charge in [-0.15, -0.1) is 0 Å². The van der Waals surface area contributed by atoms with Crippen LogP contribution in [0.15, 0.2) is 0 Å². The Morgan fingerprint density at radius 3 is 2.37 bits per heavy atom. The molecule has 0 saturated heterocycles. The molecule has 19 heavy (non-hydrogen) atoms. The van der Waals surface area contributed by atoms with Gasteiger partial charge in [0.15, 0.2) is 0 Å². The molecule has 0 bridgehead atoms. The summed E-state index contributed by atoms with van der Waals surface area (Å²) in [6.45, 7) is 7.11. The van der Waals surface area contributed by atoms with Gasteiger partial charge in [-0.3, -0.25) is 14.3 Å². The van der Waals surface area contributed by atoms with Gasteiger partial charge in [-0.2, -0.15) is 5.10 Å². The summed E-state index contributed by atoms with van der Waals surface area (Å²) in [5, 5.41) is 15.5. The summed E-state index contributed by atoms with van der Waals surface area (Å²) in [4.78, 5) is 22.6. The third kappa shape index (κ3) is 3.56. The molecule has 106 valence electrons. The summed E-state index contributed by atoms with van der Waals surface area (Å²) in [6.07, 6.45) is 0.559. The normalized spacial score (nSPS) is 13.9. The number of carbonyl (C=O) groups excluding carboxylic acids is 1. The molecule has 0 spiro atoms. The number of carbonyl (C=O) groups is 2. The zero-order chi connectivity index (χ0) is 14.7. The van der Waals surface area contributed by atoms with E-state index in [0.717, 1.165) is 17.0 Å². The van der Waals surface area contributed by atoms with Crippen LogP contribution >= 0.6 is 0 Å². The molecule has 0 aliphatic heterocycles. The molecule has 1 aromatic rings.